The summed E-state index contributed by atoms with van der Waals surface area (Å²) in [5.74, 6) is -2.79. The Labute approximate surface area is 165 Å². The zero-order valence-corrected chi connectivity index (χ0v) is 15.2. The third kappa shape index (κ3) is 4.36. The van der Waals surface area contributed by atoms with Crippen LogP contribution in [0, 0.1) is 5.92 Å². The third-order valence-electron chi connectivity index (χ3n) is 5.24. The average molecular weight is 438 g/mol. The zero-order valence-electron chi connectivity index (χ0n) is 15.2. The van der Waals surface area contributed by atoms with Crippen molar-refractivity contribution in [1.82, 2.24) is 10.6 Å². The highest BCUT2D eigenvalue weighted by molar-refractivity contribution is 6.07. The summed E-state index contributed by atoms with van der Waals surface area (Å²) in [5, 5.41) is 4.52. The Hall–Kier alpha value is -2.79. The van der Waals surface area contributed by atoms with Crippen LogP contribution in [0.3, 0.4) is 0 Å². The molecule has 2 N–H and O–H groups in total. The molecule has 1 aromatic carbocycles. The summed E-state index contributed by atoms with van der Waals surface area (Å²) in [4.78, 5) is 35.5. The standard InChI is InChI=1S/C18H16F6N2O4/c19-17(20,21)11-3-1-2-10(8-11)12(18(22,23)24)30-13(27)9-4-6-16(7-5-9)14(28)25-15(29)26-16/h1-3,8-9,12H,4-7H2,(H2,25,26,28,29)/t9?,12-,16?/m0/s1. The summed E-state index contributed by atoms with van der Waals surface area (Å²) in [5.41, 5.74) is -3.36. The van der Waals surface area contributed by atoms with Gasteiger partial charge in [0.15, 0.2) is 0 Å². The van der Waals surface area contributed by atoms with E-state index >= 15 is 0 Å². The second kappa shape index (κ2) is 7.47. The summed E-state index contributed by atoms with van der Waals surface area (Å²) in [6.45, 7) is 0. The average Bonchev–Trinajstić information content (AvgIpc) is 2.91. The van der Waals surface area contributed by atoms with Crippen molar-refractivity contribution in [2.75, 3.05) is 0 Å². The fraction of sp³-hybridized carbons (Fsp3) is 0.500. The molecule has 30 heavy (non-hydrogen) atoms. The van der Waals surface area contributed by atoms with Crippen LogP contribution in [0.25, 0.3) is 0 Å². The Morgan fingerprint density at radius 1 is 1.10 bits per heavy atom. The summed E-state index contributed by atoms with van der Waals surface area (Å²) in [7, 11) is 0. The van der Waals surface area contributed by atoms with Gasteiger partial charge in [0.1, 0.15) is 5.54 Å². The number of esters is 1. The molecule has 1 saturated heterocycles. The second-order valence-electron chi connectivity index (χ2n) is 7.25. The molecule has 0 unspecified atom stereocenters. The minimum Gasteiger partial charge on any atom is -0.447 e. The Morgan fingerprint density at radius 3 is 2.23 bits per heavy atom. The highest BCUT2D eigenvalue weighted by atomic mass is 19.4. The molecule has 1 aliphatic carbocycles. The van der Waals surface area contributed by atoms with E-state index in [0.29, 0.717) is 12.1 Å². The van der Waals surface area contributed by atoms with Gasteiger partial charge in [-0.2, -0.15) is 26.3 Å². The van der Waals surface area contributed by atoms with Crippen molar-refractivity contribution >= 4 is 17.9 Å². The number of halogens is 6. The number of imide groups is 1. The predicted molar refractivity (Wildman–Crippen MR) is 87.7 cm³/mol. The molecule has 1 atom stereocenters. The SMILES string of the molecule is O=C1NC(=O)C2(CCC(C(=O)O[C@@H](c3cccc(C(F)(F)F)c3)C(F)(F)F)CC2)N1. The summed E-state index contributed by atoms with van der Waals surface area (Å²) >= 11 is 0. The molecule has 1 saturated carbocycles. The maximum atomic E-state index is 13.4. The van der Waals surface area contributed by atoms with Crippen LogP contribution >= 0.6 is 0 Å². The lowest BCUT2D eigenvalue weighted by molar-refractivity contribution is -0.227. The van der Waals surface area contributed by atoms with E-state index < -0.39 is 58.9 Å². The number of hydrogen-bond acceptors (Lipinski definition) is 4. The number of carbonyl (C=O) groups excluding carboxylic acids is 3. The van der Waals surface area contributed by atoms with Crippen LogP contribution in [0.2, 0.25) is 0 Å². The molecular weight excluding hydrogens is 422 g/mol. The van der Waals surface area contributed by atoms with Crippen molar-refractivity contribution in [2.24, 2.45) is 5.92 Å². The summed E-state index contributed by atoms with van der Waals surface area (Å²) in [6, 6.07) is 1.81. The van der Waals surface area contributed by atoms with Gasteiger partial charge in [-0.05, 0) is 37.8 Å². The molecule has 0 bridgehead atoms. The number of hydrogen-bond donors (Lipinski definition) is 2. The van der Waals surface area contributed by atoms with E-state index in [-0.39, 0.29) is 25.7 Å². The van der Waals surface area contributed by atoms with E-state index in [9.17, 15) is 40.7 Å². The van der Waals surface area contributed by atoms with Crippen molar-refractivity contribution in [2.45, 2.75) is 49.7 Å². The first-order chi connectivity index (χ1) is 13.8. The van der Waals surface area contributed by atoms with E-state index in [1.54, 1.807) is 0 Å². The first kappa shape index (κ1) is 21.9. The maximum absolute atomic E-state index is 13.4. The van der Waals surface area contributed by atoms with Crippen LogP contribution in [0.15, 0.2) is 24.3 Å². The fourth-order valence-electron chi connectivity index (χ4n) is 3.64. The van der Waals surface area contributed by atoms with Crippen molar-refractivity contribution < 1.29 is 45.5 Å². The molecule has 2 fully saturated rings. The molecule has 0 aromatic heterocycles. The van der Waals surface area contributed by atoms with Crippen LogP contribution in [-0.2, 0) is 20.5 Å². The number of carbonyl (C=O) groups is 3. The van der Waals surface area contributed by atoms with Crippen LogP contribution < -0.4 is 10.6 Å². The molecule has 1 aromatic rings. The third-order valence-corrected chi connectivity index (χ3v) is 5.24. The van der Waals surface area contributed by atoms with Crippen LogP contribution in [-0.4, -0.2) is 29.6 Å². The molecule has 1 heterocycles. The monoisotopic (exact) mass is 438 g/mol. The van der Waals surface area contributed by atoms with Crippen LogP contribution in [0.4, 0.5) is 31.1 Å². The Kier molecular flexibility index (Phi) is 5.46. The highest BCUT2D eigenvalue weighted by Gasteiger charge is 2.50. The lowest BCUT2D eigenvalue weighted by atomic mass is 9.76. The number of benzene rings is 1. The first-order valence-electron chi connectivity index (χ1n) is 8.90. The highest BCUT2D eigenvalue weighted by Crippen LogP contribution is 2.41. The van der Waals surface area contributed by atoms with Gasteiger partial charge >= 0.3 is 24.4 Å². The molecule has 3 amide bonds. The van der Waals surface area contributed by atoms with Gasteiger partial charge in [-0.1, -0.05) is 12.1 Å². The van der Waals surface area contributed by atoms with E-state index in [2.05, 4.69) is 15.4 Å². The van der Waals surface area contributed by atoms with Crippen molar-refractivity contribution in [3.63, 3.8) is 0 Å². The molecule has 6 nitrogen and oxygen atoms in total. The summed E-state index contributed by atoms with van der Waals surface area (Å²) in [6.07, 6.45) is -12.9. The maximum Gasteiger partial charge on any atom is 0.429 e. The summed E-state index contributed by atoms with van der Waals surface area (Å²) < 4.78 is 83.4. The van der Waals surface area contributed by atoms with E-state index in [1.807, 2.05) is 0 Å². The van der Waals surface area contributed by atoms with Gasteiger partial charge in [0, 0.05) is 5.56 Å². The molecule has 0 radical (unpaired) electrons. The largest absolute Gasteiger partial charge is 0.447 e. The lowest BCUT2D eigenvalue weighted by Crippen LogP contribution is -2.50. The van der Waals surface area contributed by atoms with Crippen molar-refractivity contribution in [3.8, 4) is 0 Å². The van der Waals surface area contributed by atoms with Gasteiger partial charge in [-0.25, -0.2) is 4.79 Å². The number of ether oxygens (including phenoxy) is 1. The lowest BCUT2D eigenvalue weighted by Gasteiger charge is -2.34. The minimum absolute atomic E-state index is 0.0184. The Morgan fingerprint density at radius 2 is 1.73 bits per heavy atom. The Balaban J connectivity index is 1.73. The normalized spacial score (nSPS) is 25.6. The van der Waals surface area contributed by atoms with Gasteiger partial charge < -0.3 is 10.1 Å². The molecular formula is C18H16F6N2O4. The smallest absolute Gasteiger partial charge is 0.429 e. The van der Waals surface area contributed by atoms with Gasteiger partial charge in [0.25, 0.3) is 5.91 Å². The number of nitrogens with one attached hydrogen (secondary N) is 2. The van der Waals surface area contributed by atoms with Gasteiger partial charge in [-0.3, -0.25) is 14.9 Å². The van der Waals surface area contributed by atoms with E-state index in [0.717, 1.165) is 12.1 Å². The van der Waals surface area contributed by atoms with E-state index in [4.69, 9.17) is 0 Å². The molecule has 1 spiro atoms. The molecule has 12 heteroatoms. The van der Waals surface area contributed by atoms with E-state index in [1.165, 1.54) is 0 Å². The minimum atomic E-state index is -5.13. The van der Waals surface area contributed by atoms with Gasteiger partial charge in [0.05, 0.1) is 11.5 Å². The number of rotatable bonds is 3. The number of alkyl halides is 6. The quantitative estimate of drug-likeness (QED) is 0.429. The van der Waals surface area contributed by atoms with Crippen molar-refractivity contribution in [3.05, 3.63) is 35.4 Å². The fourth-order valence-corrected chi connectivity index (χ4v) is 3.64. The van der Waals surface area contributed by atoms with Crippen molar-refractivity contribution in [1.29, 1.82) is 0 Å². The van der Waals surface area contributed by atoms with Crippen LogP contribution in [0.1, 0.15) is 42.9 Å². The number of urea groups is 1. The topological polar surface area (TPSA) is 84.5 Å². The molecule has 2 aliphatic rings. The Bertz CT molecular complexity index is 859. The molecule has 3 rings (SSSR count). The van der Waals surface area contributed by atoms with Gasteiger partial charge in [0.2, 0.25) is 6.10 Å². The zero-order chi connectivity index (χ0) is 22.3. The second-order valence-corrected chi connectivity index (χ2v) is 7.25. The van der Waals surface area contributed by atoms with Crippen LogP contribution in [0.5, 0.6) is 0 Å². The number of amides is 3. The predicted octanol–water partition coefficient (Wildman–Crippen LogP) is 3.62. The molecule has 164 valence electrons. The van der Waals surface area contributed by atoms with Gasteiger partial charge in [-0.15, -0.1) is 0 Å². The molecule has 1 aliphatic heterocycles. The first-order valence-corrected chi connectivity index (χ1v) is 8.90.